The van der Waals surface area contributed by atoms with Crippen molar-refractivity contribution in [2.75, 3.05) is 11.9 Å². The van der Waals surface area contributed by atoms with Gasteiger partial charge in [-0.15, -0.1) is 0 Å². The lowest BCUT2D eigenvalue weighted by Gasteiger charge is -2.23. The molecule has 1 amide bonds. The van der Waals surface area contributed by atoms with E-state index in [1.165, 1.54) is 4.90 Å². The van der Waals surface area contributed by atoms with Crippen molar-refractivity contribution < 1.29 is 4.79 Å². The lowest BCUT2D eigenvalue weighted by atomic mass is 9.99. The van der Waals surface area contributed by atoms with Crippen molar-refractivity contribution >= 4 is 11.7 Å². The molecule has 0 saturated heterocycles. The van der Waals surface area contributed by atoms with E-state index in [1.807, 2.05) is 26.0 Å². The van der Waals surface area contributed by atoms with E-state index in [2.05, 4.69) is 4.98 Å². The normalized spacial score (nSPS) is 14.2. The van der Waals surface area contributed by atoms with Crippen molar-refractivity contribution in [1.29, 1.82) is 0 Å². The molecule has 0 bridgehead atoms. The molecule has 0 spiro atoms. The first-order valence-corrected chi connectivity index (χ1v) is 5.52. The van der Waals surface area contributed by atoms with E-state index in [9.17, 15) is 4.79 Å². The van der Waals surface area contributed by atoms with Crippen LogP contribution in [0.3, 0.4) is 0 Å². The van der Waals surface area contributed by atoms with Crippen molar-refractivity contribution in [3.8, 4) is 0 Å². The Morgan fingerprint density at radius 2 is 2.25 bits per heavy atom. The molecule has 0 unspecified atom stereocenters. The molecule has 0 saturated carbocycles. The Kier molecular flexibility index (Phi) is 4.43. The second kappa shape index (κ2) is 5.61. The summed E-state index contributed by atoms with van der Waals surface area (Å²) in [5.41, 5.74) is 5.89. The highest BCUT2D eigenvalue weighted by Gasteiger charge is 2.23. The second-order valence-corrected chi connectivity index (χ2v) is 4.00. The lowest BCUT2D eigenvalue weighted by Crippen LogP contribution is -2.45. The summed E-state index contributed by atoms with van der Waals surface area (Å²) in [6.07, 6.45) is 2.55. The van der Waals surface area contributed by atoms with E-state index >= 15 is 0 Å². The SMILES string of the molecule is CC[C@H](C)[C@H](N)C(=O)N(C)c1ccccn1. The largest absolute Gasteiger partial charge is 0.320 e. The Balaban J connectivity index is 2.75. The Bertz CT molecular complexity index is 339. The maximum absolute atomic E-state index is 12.0. The Labute approximate surface area is 96.5 Å². The Morgan fingerprint density at radius 1 is 1.56 bits per heavy atom. The molecule has 0 aliphatic carbocycles. The average Bonchev–Trinajstić information content (AvgIpc) is 2.36. The zero-order chi connectivity index (χ0) is 12.1. The van der Waals surface area contributed by atoms with Crippen molar-refractivity contribution in [2.45, 2.75) is 26.3 Å². The molecule has 4 heteroatoms. The average molecular weight is 221 g/mol. The summed E-state index contributed by atoms with van der Waals surface area (Å²) in [5.74, 6) is 0.720. The molecule has 2 N–H and O–H groups in total. The first-order valence-electron chi connectivity index (χ1n) is 5.52. The number of likely N-dealkylation sites (N-methyl/N-ethyl adjacent to an activating group) is 1. The highest BCUT2D eigenvalue weighted by molar-refractivity contribution is 5.95. The predicted molar refractivity (Wildman–Crippen MR) is 65.1 cm³/mol. The Morgan fingerprint density at radius 3 is 2.75 bits per heavy atom. The van der Waals surface area contributed by atoms with Crippen LogP contribution in [0.4, 0.5) is 5.82 Å². The maximum Gasteiger partial charge on any atom is 0.245 e. The van der Waals surface area contributed by atoms with Crippen LogP contribution in [0.5, 0.6) is 0 Å². The number of amides is 1. The van der Waals surface area contributed by atoms with Gasteiger partial charge in [0, 0.05) is 13.2 Å². The van der Waals surface area contributed by atoms with Crippen molar-refractivity contribution in [3.05, 3.63) is 24.4 Å². The van der Waals surface area contributed by atoms with Gasteiger partial charge in [0.05, 0.1) is 6.04 Å². The number of carbonyl (C=O) groups is 1. The highest BCUT2D eigenvalue weighted by atomic mass is 16.2. The van der Waals surface area contributed by atoms with Crippen LogP contribution in [-0.4, -0.2) is 24.0 Å². The molecule has 1 aromatic rings. The molecular formula is C12H19N3O. The third kappa shape index (κ3) is 2.79. The molecular weight excluding hydrogens is 202 g/mol. The molecule has 88 valence electrons. The van der Waals surface area contributed by atoms with Gasteiger partial charge in [-0.05, 0) is 18.1 Å². The fourth-order valence-corrected chi connectivity index (χ4v) is 1.39. The molecule has 0 aliphatic rings. The van der Waals surface area contributed by atoms with Gasteiger partial charge in [0.1, 0.15) is 5.82 Å². The van der Waals surface area contributed by atoms with Crippen molar-refractivity contribution in [2.24, 2.45) is 11.7 Å². The smallest absolute Gasteiger partial charge is 0.245 e. The maximum atomic E-state index is 12.0. The zero-order valence-corrected chi connectivity index (χ0v) is 10.1. The minimum atomic E-state index is -0.461. The minimum absolute atomic E-state index is 0.0898. The highest BCUT2D eigenvalue weighted by Crippen LogP contribution is 2.12. The van der Waals surface area contributed by atoms with E-state index in [4.69, 9.17) is 5.73 Å². The summed E-state index contributed by atoms with van der Waals surface area (Å²) in [6.45, 7) is 4.01. The molecule has 1 rings (SSSR count). The molecule has 0 aliphatic heterocycles. The summed E-state index contributed by atoms with van der Waals surface area (Å²) in [7, 11) is 1.70. The van der Waals surface area contributed by atoms with Crippen LogP contribution in [0.25, 0.3) is 0 Å². The van der Waals surface area contributed by atoms with Gasteiger partial charge >= 0.3 is 0 Å². The second-order valence-electron chi connectivity index (χ2n) is 4.00. The molecule has 0 aromatic carbocycles. The number of anilines is 1. The summed E-state index contributed by atoms with van der Waals surface area (Å²) >= 11 is 0. The van der Waals surface area contributed by atoms with Crippen LogP contribution in [-0.2, 0) is 4.79 Å². The van der Waals surface area contributed by atoms with Gasteiger partial charge in [-0.2, -0.15) is 0 Å². The van der Waals surface area contributed by atoms with Gasteiger partial charge in [0.25, 0.3) is 0 Å². The molecule has 0 radical (unpaired) electrons. The van der Waals surface area contributed by atoms with E-state index in [0.717, 1.165) is 6.42 Å². The summed E-state index contributed by atoms with van der Waals surface area (Å²) in [5, 5.41) is 0. The van der Waals surface area contributed by atoms with Crippen molar-refractivity contribution in [1.82, 2.24) is 4.98 Å². The van der Waals surface area contributed by atoms with Gasteiger partial charge in [-0.1, -0.05) is 26.3 Å². The van der Waals surface area contributed by atoms with Crippen LogP contribution >= 0.6 is 0 Å². The fourth-order valence-electron chi connectivity index (χ4n) is 1.39. The number of nitrogens with two attached hydrogens (primary N) is 1. The molecule has 2 atom stereocenters. The standard InChI is InChI=1S/C12H19N3O/c1-4-9(2)11(13)12(16)15(3)10-7-5-6-8-14-10/h5-9,11H,4,13H2,1-3H3/t9-,11-/m0/s1. The van der Waals surface area contributed by atoms with E-state index in [-0.39, 0.29) is 11.8 Å². The number of rotatable bonds is 4. The number of pyridine rings is 1. The first-order chi connectivity index (χ1) is 7.57. The zero-order valence-electron chi connectivity index (χ0n) is 10.1. The van der Waals surface area contributed by atoms with Crippen LogP contribution in [0.15, 0.2) is 24.4 Å². The third-order valence-corrected chi connectivity index (χ3v) is 2.87. The topological polar surface area (TPSA) is 59.2 Å². The van der Waals surface area contributed by atoms with Crippen LogP contribution in [0.2, 0.25) is 0 Å². The Hall–Kier alpha value is -1.42. The predicted octanol–water partition coefficient (Wildman–Crippen LogP) is 1.42. The van der Waals surface area contributed by atoms with Crippen molar-refractivity contribution in [3.63, 3.8) is 0 Å². The number of aromatic nitrogens is 1. The molecule has 4 nitrogen and oxygen atoms in total. The van der Waals surface area contributed by atoms with Gasteiger partial charge in [0.15, 0.2) is 0 Å². The van der Waals surface area contributed by atoms with E-state index in [0.29, 0.717) is 5.82 Å². The van der Waals surface area contributed by atoms with Crippen LogP contribution in [0.1, 0.15) is 20.3 Å². The van der Waals surface area contributed by atoms with Gasteiger partial charge in [-0.25, -0.2) is 4.98 Å². The summed E-state index contributed by atoms with van der Waals surface area (Å²) < 4.78 is 0. The fraction of sp³-hybridized carbons (Fsp3) is 0.500. The molecule has 16 heavy (non-hydrogen) atoms. The number of hydrogen-bond acceptors (Lipinski definition) is 3. The molecule has 0 fully saturated rings. The molecule has 1 heterocycles. The monoisotopic (exact) mass is 221 g/mol. The van der Waals surface area contributed by atoms with Crippen LogP contribution in [0, 0.1) is 5.92 Å². The van der Waals surface area contributed by atoms with Gasteiger partial charge in [0.2, 0.25) is 5.91 Å². The van der Waals surface area contributed by atoms with Crippen LogP contribution < -0.4 is 10.6 Å². The summed E-state index contributed by atoms with van der Waals surface area (Å²) in [6, 6.07) is 5.00. The first kappa shape index (κ1) is 12.6. The number of hydrogen-bond donors (Lipinski definition) is 1. The minimum Gasteiger partial charge on any atom is -0.320 e. The summed E-state index contributed by atoms with van der Waals surface area (Å²) in [4.78, 5) is 17.6. The van der Waals surface area contributed by atoms with Gasteiger partial charge < -0.3 is 5.73 Å². The van der Waals surface area contributed by atoms with E-state index < -0.39 is 6.04 Å². The van der Waals surface area contributed by atoms with Gasteiger partial charge in [-0.3, -0.25) is 9.69 Å². The molecule has 1 aromatic heterocycles. The number of nitrogens with zero attached hydrogens (tertiary/aromatic N) is 2. The third-order valence-electron chi connectivity index (χ3n) is 2.87. The number of carbonyl (C=O) groups excluding carboxylic acids is 1. The van der Waals surface area contributed by atoms with E-state index in [1.54, 1.807) is 19.3 Å². The quantitative estimate of drug-likeness (QED) is 0.836. The lowest BCUT2D eigenvalue weighted by molar-refractivity contribution is -0.120.